The van der Waals surface area contributed by atoms with Gasteiger partial charge in [-0.15, -0.1) is 6.58 Å². The lowest BCUT2D eigenvalue weighted by Crippen LogP contribution is -2.01. The van der Waals surface area contributed by atoms with Crippen molar-refractivity contribution >= 4 is 5.97 Å². The summed E-state index contributed by atoms with van der Waals surface area (Å²) in [6.45, 7) is 4.35. The van der Waals surface area contributed by atoms with Gasteiger partial charge in [0.1, 0.15) is 5.75 Å². The van der Waals surface area contributed by atoms with Gasteiger partial charge >= 0.3 is 5.97 Å². The largest absolute Gasteiger partial charge is 0.494 e. The third kappa shape index (κ3) is 6.09. The Hall–Kier alpha value is -1.77. The van der Waals surface area contributed by atoms with Gasteiger partial charge in [0.05, 0.1) is 13.0 Å². The minimum absolute atomic E-state index is 0.0382. The van der Waals surface area contributed by atoms with E-state index in [1.165, 1.54) is 0 Å². The normalized spacial score (nSPS) is 10.0. The van der Waals surface area contributed by atoms with Crippen LogP contribution < -0.4 is 4.74 Å². The average Bonchev–Trinajstić information content (AvgIpc) is 2.33. The van der Waals surface area contributed by atoms with E-state index in [9.17, 15) is 4.79 Å². The molecular formula is C15H20O3. The summed E-state index contributed by atoms with van der Waals surface area (Å²) in [6, 6.07) is 7.27. The van der Waals surface area contributed by atoms with Crippen LogP contribution in [-0.4, -0.2) is 17.7 Å². The van der Waals surface area contributed by atoms with Gasteiger partial charge in [0, 0.05) is 0 Å². The molecular weight excluding hydrogens is 228 g/mol. The number of carboxylic acids is 1. The van der Waals surface area contributed by atoms with E-state index in [0.29, 0.717) is 6.61 Å². The smallest absolute Gasteiger partial charge is 0.307 e. The fourth-order valence-corrected chi connectivity index (χ4v) is 1.68. The van der Waals surface area contributed by atoms with Crippen LogP contribution in [0.4, 0.5) is 0 Å². The molecule has 0 radical (unpaired) electrons. The Kier molecular flexibility index (Phi) is 6.62. The minimum atomic E-state index is -0.823. The van der Waals surface area contributed by atoms with Crippen LogP contribution in [0.3, 0.4) is 0 Å². The van der Waals surface area contributed by atoms with Gasteiger partial charge in [-0.2, -0.15) is 0 Å². The molecule has 3 heteroatoms. The monoisotopic (exact) mass is 248 g/mol. The van der Waals surface area contributed by atoms with Crippen LogP contribution in [0, 0.1) is 0 Å². The van der Waals surface area contributed by atoms with Gasteiger partial charge in [0.25, 0.3) is 0 Å². The number of carbonyl (C=O) groups is 1. The third-order valence-corrected chi connectivity index (χ3v) is 2.58. The van der Waals surface area contributed by atoms with Gasteiger partial charge in [0.2, 0.25) is 0 Å². The molecule has 0 amide bonds. The van der Waals surface area contributed by atoms with E-state index in [0.717, 1.165) is 37.0 Å². The molecule has 3 nitrogen and oxygen atoms in total. The van der Waals surface area contributed by atoms with Crippen molar-refractivity contribution in [2.45, 2.75) is 32.1 Å². The summed E-state index contributed by atoms with van der Waals surface area (Å²) < 4.78 is 5.59. The first kappa shape index (κ1) is 14.3. The highest BCUT2D eigenvalue weighted by Crippen LogP contribution is 2.14. The first-order valence-corrected chi connectivity index (χ1v) is 6.27. The molecule has 0 bridgehead atoms. The summed E-state index contributed by atoms with van der Waals surface area (Å²) in [4.78, 5) is 10.6. The molecule has 0 saturated heterocycles. The van der Waals surface area contributed by atoms with Crippen molar-refractivity contribution in [1.29, 1.82) is 0 Å². The standard InChI is InChI=1S/C15H20O3/c1-2-3-4-5-6-10-18-14-9-7-8-13(11-14)12-15(16)17/h2,7-9,11H,1,3-6,10,12H2,(H,16,17). The van der Waals surface area contributed by atoms with Crippen molar-refractivity contribution in [1.82, 2.24) is 0 Å². The maximum absolute atomic E-state index is 10.6. The molecule has 0 aliphatic carbocycles. The number of carboxylic acid groups (broad SMARTS) is 1. The predicted molar refractivity (Wildman–Crippen MR) is 71.9 cm³/mol. The van der Waals surface area contributed by atoms with Gasteiger partial charge in [-0.05, 0) is 43.4 Å². The lowest BCUT2D eigenvalue weighted by atomic mass is 10.1. The van der Waals surface area contributed by atoms with E-state index in [4.69, 9.17) is 9.84 Å². The van der Waals surface area contributed by atoms with E-state index < -0.39 is 5.97 Å². The molecule has 0 aliphatic heterocycles. The molecule has 0 aliphatic rings. The van der Waals surface area contributed by atoms with Crippen molar-refractivity contribution < 1.29 is 14.6 Å². The lowest BCUT2D eigenvalue weighted by molar-refractivity contribution is -0.136. The Morgan fingerprint density at radius 2 is 2.17 bits per heavy atom. The molecule has 1 rings (SSSR count). The Morgan fingerprint density at radius 1 is 1.33 bits per heavy atom. The van der Waals surface area contributed by atoms with Crippen LogP contribution in [0.5, 0.6) is 5.75 Å². The zero-order valence-electron chi connectivity index (χ0n) is 10.6. The predicted octanol–water partition coefficient (Wildman–Crippen LogP) is 3.44. The first-order valence-electron chi connectivity index (χ1n) is 6.27. The fraction of sp³-hybridized carbons (Fsp3) is 0.400. The molecule has 1 aromatic carbocycles. The second kappa shape index (κ2) is 8.34. The second-order valence-electron chi connectivity index (χ2n) is 4.20. The molecule has 0 saturated carbocycles. The summed E-state index contributed by atoms with van der Waals surface area (Å²) in [5, 5.41) is 8.71. The van der Waals surface area contributed by atoms with Crippen molar-refractivity contribution in [3.63, 3.8) is 0 Å². The SMILES string of the molecule is C=CCCCCCOc1cccc(CC(=O)O)c1. The number of allylic oxidation sites excluding steroid dienone is 1. The topological polar surface area (TPSA) is 46.5 Å². The third-order valence-electron chi connectivity index (χ3n) is 2.58. The molecule has 0 spiro atoms. The van der Waals surface area contributed by atoms with Crippen LogP contribution >= 0.6 is 0 Å². The summed E-state index contributed by atoms with van der Waals surface area (Å²) in [5.74, 6) is -0.0750. The number of hydrogen-bond acceptors (Lipinski definition) is 2. The minimum Gasteiger partial charge on any atom is -0.494 e. The zero-order valence-corrected chi connectivity index (χ0v) is 10.6. The molecule has 1 aromatic rings. The fourth-order valence-electron chi connectivity index (χ4n) is 1.68. The van der Waals surface area contributed by atoms with Crippen molar-refractivity contribution in [2.24, 2.45) is 0 Å². The summed E-state index contributed by atoms with van der Waals surface area (Å²) in [7, 11) is 0. The van der Waals surface area contributed by atoms with Crippen molar-refractivity contribution in [3.8, 4) is 5.75 Å². The highest BCUT2D eigenvalue weighted by Gasteiger charge is 2.01. The first-order chi connectivity index (χ1) is 8.72. The van der Waals surface area contributed by atoms with E-state index >= 15 is 0 Å². The van der Waals surface area contributed by atoms with E-state index in [1.807, 2.05) is 18.2 Å². The van der Waals surface area contributed by atoms with Crippen molar-refractivity contribution in [3.05, 3.63) is 42.5 Å². The van der Waals surface area contributed by atoms with Gasteiger partial charge in [-0.25, -0.2) is 0 Å². The Bertz CT molecular complexity index is 385. The number of rotatable bonds is 9. The van der Waals surface area contributed by atoms with E-state index in [-0.39, 0.29) is 6.42 Å². The van der Waals surface area contributed by atoms with Crippen LogP contribution in [0.25, 0.3) is 0 Å². The van der Waals surface area contributed by atoms with Gasteiger partial charge < -0.3 is 9.84 Å². The summed E-state index contributed by atoms with van der Waals surface area (Å²) in [6.07, 6.45) is 6.30. The Morgan fingerprint density at radius 3 is 2.89 bits per heavy atom. The molecule has 0 aromatic heterocycles. The van der Waals surface area contributed by atoms with Crippen LogP contribution in [0.15, 0.2) is 36.9 Å². The Labute approximate surface area is 108 Å². The highest BCUT2D eigenvalue weighted by atomic mass is 16.5. The van der Waals surface area contributed by atoms with E-state index in [1.54, 1.807) is 12.1 Å². The molecule has 0 unspecified atom stereocenters. The van der Waals surface area contributed by atoms with Gasteiger partial charge in [-0.1, -0.05) is 18.2 Å². The summed E-state index contributed by atoms with van der Waals surface area (Å²) in [5.41, 5.74) is 0.770. The summed E-state index contributed by atoms with van der Waals surface area (Å²) >= 11 is 0. The van der Waals surface area contributed by atoms with Gasteiger partial charge in [-0.3, -0.25) is 4.79 Å². The molecule has 98 valence electrons. The van der Waals surface area contributed by atoms with Gasteiger partial charge in [0.15, 0.2) is 0 Å². The van der Waals surface area contributed by atoms with Crippen molar-refractivity contribution in [2.75, 3.05) is 6.61 Å². The van der Waals surface area contributed by atoms with Crippen LogP contribution in [0.2, 0.25) is 0 Å². The average molecular weight is 248 g/mol. The van der Waals surface area contributed by atoms with Crippen LogP contribution in [-0.2, 0) is 11.2 Å². The quantitative estimate of drug-likeness (QED) is 0.538. The van der Waals surface area contributed by atoms with E-state index in [2.05, 4.69) is 6.58 Å². The number of hydrogen-bond donors (Lipinski definition) is 1. The molecule has 0 heterocycles. The zero-order chi connectivity index (χ0) is 13.2. The molecule has 1 N–H and O–H groups in total. The lowest BCUT2D eigenvalue weighted by Gasteiger charge is -2.07. The molecule has 0 fully saturated rings. The number of aliphatic carboxylic acids is 1. The second-order valence-corrected chi connectivity index (χ2v) is 4.20. The maximum Gasteiger partial charge on any atom is 0.307 e. The number of benzene rings is 1. The maximum atomic E-state index is 10.6. The van der Waals surface area contributed by atoms with Crippen LogP contribution in [0.1, 0.15) is 31.2 Å². The number of unbranched alkanes of at least 4 members (excludes halogenated alkanes) is 3. The molecule has 18 heavy (non-hydrogen) atoms. The molecule has 0 atom stereocenters. The Balaban J connectivity index is 2.29. The highest BCUT2D eigenvalue weighted by molar-refractivity contribution is 5.70. The number of ether oxygens (including phenoxy) is 1.